The second-order valence-corrected chi connectivity index (χ2v) is 7.26. The number of nitro benzene ring substituents is 1. The zero-order chi connectivity index (χ0) is 22.7. The van der Waals surface area contributed by atoms with E-state index in [0.29, 0.717) is 16.5 Å². The standard InChI is InChI=1S/C23H16ClN3O5/c24-18-12-15(27(30)31)10-11-20(18)26-22(28)21(14-6-2-1-3-7-14)32-23(29)17-13-25-19-9-5-4-8-16(17)19/h1-13,21,25H,(H,26,28). The molecule has 4 rings (SSSR count). The van der Waals surface area contributed by atoms with Gasteiger partial charge in [0, 0.05) is 34.8 Å². The van der Waals surface area contributed by atoms with Gasteiger partial charge in [0.15, 0.2) is 0 Å². The van der Waals surface area contributed by atoms with Crippen molar-refractivity contribution in [3.8, 4) is 0 Å². The molecular formula is C23H16ClN3O5. The summed E-state index contributed by atoms with van der Waals surface area (Å²) < 4.78 is 5.60. The number of nitro groups is 1. The number of hydrogen-bond acceptors (Lipinski definition) is 5. The number of rotatable bonds is 6. The van der Waals surface area contributed by atoms with E-state index < -0.39 is 22.9 Å². The molecule has 1 aromatic heterocycles. The van der Waals surface area contributed by atoms with Gasteiger partial charge in [-0.3, -0.25) is 14.9 Å². The van der Waals surface area contributed by atoms with Crippen molar-refractivity contribution >= 4 is 45.8 Å². The van der Waals surface area contributed by atoms with Gasteiger partial charge in [-0.05, 0) is 12.1 Å². The smallest absolute Gasteiger partial charge is 0.341 e. The third-order valence-corrected chi connectivity index (χ3v) is 5.11. The molecule has 1 atom stereocenters. The summed E-state index contributed by atoms with van der Waals surface area (Å²) in [7, 11) is 0. The Balaban J connectivity index is 1.62. The van der Waals surface area contributed by atoms with Crippen LogP contribution >= 0.6 is 11.6 Å². The van der Waals surface area contributed by atoms with Crippen LogP contribution in [0.25, 0.3) is 10.9 Å². The van der Waals surface area contributed by atoms with Crippen molar-refractivity contribution in [1.29, 1.82) is 0 Å². The molecule has 3 aromatic carbocycles. The Bertz CT molecular complexity index is 1320. The molecule has 0 bridgehead atoms. The van der Waals surface area contributed by atoms with Gasteiger partial charge in [-0.2, -0.15) is 0 Å². The first-order valence-electron chi connectivity index (χ1n) is 9.51. The van der Waals surface area contributed by atoms with Crippen molar-refractivity contribution in [2.45, 2.75) is 6.10 Å². The number of H-pyrrole nitrogens is 1. The Kier molecular flexibility index (Phi) is 5.87. The van der Waals surface area contributed by atoms with Gasteiger partial charge in [0.05, 0.1) is 21.2 Å². The number of non-ortho nitro benzene ring substituents is 1. The van der Waals surface area contributed by atoms with Gasteiger partial charge >= 0.3 is 5.97 Å². The number of aromatic nitrogens is 1. The lowest BCUT2D eigenvalue weighted by atomic mass is 10.1. The fourth-order valence-electron chi connectivity index (χ4n) is 3.23. The van der Waals surface area contributed by atoms with Gasteiger partial charge < -0.3 is 15.0 Å². The van der Waals surface area contributed by atoms with E-state index >= 15 is 0 Å². The van der Waals surface area contributed by atoms with E-state index in [1.165, 1.54) is 18.3 Å². The number of nitrogens with one attached hydrogen (secondary N) is 2. The SMILES string of the molecule is O=C(OC(C(=O)Nc1ccc([N+](=O)[O-])cc1Cl)c1ccccc1)c1c[nH]c2ccccc12. The molecule has 1 amide bonds. The molecule has 0 aliphatic carbocycles. The van der Waals surface area contributed by atoms with Crippen LogP contribution in [-0.4, -0.2) is 21.8 Å². The lowest BCUT2D eigenvalue weighted by molar-refractivity contribution is -0.384. The summed E-state index contributed by atoms with van der Waals surface area (Å²) in [6.45, 7) is 0. The largest absolute Gasteiger partial charge is 0.444 e. The number of anilines is 1. The fourth-order valence-corrected chi connectivity index (χ4v) is 3.45. The second-order valence-electron chi connectivity index (χ2n) is 6.85. The van der Waals surface area contributed by atoms with Crippen LogP contribution in [0.4, 0.5) is 11.4 Å². The molecule has 1 heterocycles. The van der Waals surface area contributed by atoms with Crippen LogP contribution in [0.2, 0.25) is 5.02 Å². The topological polar surface area (TPSA) is 114 Å². The lowest BCUT2D eigenvalue weighted by Gasteiger charge is -2.18. The minimum absolute atomic E-state index is 0.0117. The molecule has 1 unspecified atom stereocenters. The molecular weight excluding hydrogens is 434 g/mol. The molecule has 0 saturated carbocycles. The van der Waals surface area contributed by atoms with Crippen LogP contribution in [-0.2, 0) is 9.53 Å². The Morgan fingerprint density at radius 1 is 1.03 bits per heavy atom. The summed E-state index contributed by atoms with van der Waals surface area (Å²) in [6, 6.07) is 19.4. The summed E-state index contributed by atoms with van der Waals surface area (Å²) in [6.07, 6.45) is 0.254. The molecule has 0 spiro atoms. The predicted molar refractivity (Wildman–Crippen MR) is 120 cm³/mol. The van der Waals surface area contributed by atoms with Crippen molar-refractivity contribution in [2.75, 3.05) is 5.32 Å². The monoisotopic (exact) mass is 449 g/mol. The zero-order valence-corrected chi connectivity index (χ0v) is 17.2. The van der Waals surface area contributed by atoms with Crippen molar-refractivity contribution in [3.05, 3.63) is 105 Å². The number of para-hydroxylation sites is 1. The molecule has 160 valence electrons. The quantitative estimate of drug-likeness (QED) is 0.236. The van der Waals surface area contributed by atoms with E-state index in [2.05, 4.69) is 10.3 Å². The van der Waals surface area contributed by atoms with E-state index in [4.69, 9.17) is 16.3 Å². The second kappa shape index (κ2) is 8.91. The summed E-state index contributed by atoms with van der Waals surface area (Å²) in [5, 5.41) is 14.1. The number of ether oxygens (including phenoxy) is 1. The Morgan fingerprint density at radius 3 is 2.47 bits per heavy atom. The highest BCUT2D eigenvalue weighted by Crippen LogP contribution is 2.29. The van der Waals surface area contributed by atoms with Crippen molar-refractivity contribution in [1.82, 2.24) is 4.98 Å². The normalized spacial score (nSPS) is 11.7. The van der Waals surface area contributed by atoms with Crippen molar-refractivity contribution < 1.29 is 19.2 Å². The van der Waals surface area contributed by atoms with E-state index in [0.717, 1.165) is 11.6 Å². The van der Waals surface area contributed by atoms with Gasteiger partial charge in [-0.25, -0.2) is 4.79 Å². The van der Waals surface area contributed by atoms with Crippen molar-refractivity contribution in [3.63, 3.8) is 0 Å². The van der Waals surface area contributed by atoms with Crippen LogP contribution in [0, 0.1) is 10.1 Å². The molecule has 2 N–H and O–H groups in total. The van der Waals surface area contributed by atoms with E-state index in [1.807, 2.05) is 12.1 Å². The summed E-state index contributed by atoms with van der Waals surface area (Å²) in [4.78, 5) is 39.3. The maximum Gasteiger partial charge on any atom is 0.341 e. The highest BCUT2D eigenvalue weighted by Gasteiger charge is 2.27. The number of fused-ring (bicyclic) bond motifs is 1. The molecule has 0 radical (unpaired) electrons. The Morgan fingerprint density at radius 2 is 1.75 bits per heavy atom. The fraction of sp³-hybridized carbons (Fsp3) is 0.0435. The number of halogens is 1. The molecule has 9 heteroatoms. The number of hydrogen-bond donors (Lipinski definition) is 2. The van der Waals surface area contributed by atoms with Gasteiger partial charge in [0.2, 0.25) is 6.10 Å². The van der Waals surface area contributed by atoms with Crippen LogP contribution < -0.4 is 5.32 Å². The third-order valence-electron chi connectivity index (χ3n) is 4.80. The third kappa shape index (κ3) is 4.30. The van der Waals surface area contributed by atoms with E-state index in [9.17, 15) is 19.7 Å². The van der Waals surface area contributed by atoms with Gasteiger partial charge in [-0.1, -0.05) is 60.1 Å². The summed E-state index contributed by atoms with van der Waals surface area (Å²) in [5.74, 6) is -1.33. The first-order chi connectivity index (χ1) is 15.4. The van der Waals surface area contributed by atoms with Crippen molar-refractivity contribution in [2.24, 2.45) is 0 Å². The number of aromatic amines is 1. The predicted octanol–water partition coefficient (Wildman–Crippen LogP) is 5.27. The zero-order valence-electron chi connectivity index (χ0n) is 16.4. The number of esters is 1. The highest BCUT2D eigenvalue weighted by atomic mass is 35.5. The number of carbonyl (C=O) groups excluding carboxylic acids is 2. The molecule has 4 aromatic rings. The molecule has 0 aliphatic heterocycles. The Hall–Kier alpha value is -4.17. The van der Waals surface area contributed by atoms with E-state index in [1.54, 1.807) is 42.5 Å². The molecule has 8 nitrogen and oxygen atoms in total. The minimum atomic E-state index is -1.27. The number of amides is 1. The minimum Gasteiger partial charge on any atom is -0.444 e. The van der Waals surface area contributed by atoms with Gasteiger partial charge in [0.25, 0.3) is 11.6 Å². The maximum absolute atomic E-state index is 13.1. The number of nitrogens with zero attached hydrogens (tertiary/aromatic N) is 1. The van der Waals surface area contributed by atoms with Crippen LogP contribution in [0.5, 0.6) is 0 Å². The molecule has 0 fully saturated rings. The first-order valence-corrected chi connectivity index (χ1v) is 9.88. The molecule has 32 heavy (non-hydrogen) atoms. The molecule has 0 saturated heterocycles. The van der Waals surface area contributed by atoms with Crippen LogP contribution in [0.15, 0.2) is 79.0 Å². The van der Waals surface area contributed by atoms with E-state index in [-0.39, 0.29) is 16.4 Å². The van der Waals surface area contributed by atoms with Crippen LogP contribution in [0.3, 0.4) is 0 Å². The van der Waals surface area contributed by atoms with Crippen LogP contribution in [0.1, 0.15) is 22.0 Å². The summed E-state index contributed by atoms with van der Waals surface area (Å²) >= 11 is 6.09. The number of benzene rings is 3. The Labute approximate surface area is 186 Å². The lowest BCUT2D eigenvalue weighted by Crippen LogP contribution is -2.26. The maximum atomic E-state index is 13.1. The average molecular weight is 450 g/mol. The first kappa shape index (κ1) is 21.1. The van der Waals surface area contributed by atoms with Gasteiger partial charge in [-0.15, -0.1) is 0 Å². The number of carbonyl (C=O) groups is 2. The average Bonchev–Trinajstić information content (AvgIpc) is 3.23. The summed E-state index contributed by atoms with van der Waals surface area (Å²) in [5.41, 5.74) is 1.46. The van der Waals surface area contributed by atoms with Gasteiger partial charge in [0.1, 0.15) is 0 Å². The molecule has 0 aliphatic rings. The highest BCUT2D eigenvalue weighted by molar-refractivity contribution is 6.34.